The minimum atomic E-state index is -4.84. The number of halogens is 6. The lowest BCUT2D eigenvalue weighted by molar-refractivity contribution is -0.163. The largest absolute Gasteiger partial charge is 0.450 e. The summed E-state index contributed by atoms with van der Waals surface area (Å²) in [6, 6.07) is 14.8. The van der Waals surface area contributed by atoms with Crippen molar-refractivity contribution in [2.75, 3.05) is 11.1 Å². The van der Waals surface area contributed by atoms with Crippen LogP contribution >= 0.6 is 23.2 Å². The Morgan fingerprint density at radius 2 is 1.69 bits per heavy atom. The SMILES string of the molecule is Nc1c(C(=O)c2ccc(Cl)cc2Cl)oc2cc(-c3cccc(NC(=O)C(F)(F)C(F)F)c3)ccc12. The van der Waals surface area contributed by atoms with Crippen molar-refractivity contribution in [1.29, 1.82) is 0 Å². The average molecular weight is 525 g/mol. The number of nitrogens with two attached hydrogens (primary N) is 1. The first-order chi connectivity index (χ1) is 16.5. The van der Waals surface area contributed by atoms with Crippen LogP contribution < -0.4 is 11.1 Å². The van der Waals surface area contributed by atoms with Crippen molar-refractivity contribution < 1.29 is 31.6 Å². The molecule has 0 atom stereocenters. The zero-order valence-electron chi connectivity index (χ0n) is 17.4. The number of fused-ring (bicyclic) bond motifs is 1. The third-order valence-corrected chi connectivity index (χ3v) is 5.69. The van der Waals surface area contributed by atoms with Crippen molar-refractivity contribution in [1.82, 2.24) is 0 Å². The third kappa shape index (κ3) is 4.69. The van der Waals surface area contributed by atoms with Crippen LogP contribution in [0.3, 0.4) is 0 Å². The van der Waals surface area contributed by atoms with Gasteiger partial charge in [0.25, 0.3) is 0 Å². The average Bonchev–Trinajstić information content (AvgIpc) is 3.14. The van der Waals surface area contributed by atoms with Gasteiger partial charge in [-0.1, -0.05) is 41.4 Å². The topological polar surface area (TPSA) is 85.3 Å². The summed E-state index contributed by atoms with van der Waals surface area (Å²) in [5.41, 5.74) is 7.48. The first-order valence-corrected chi connectivity index (χ1v) is 10.6. The maximum atomic E-state index is 13.3. The summed E-state index contributed by atoms with van der Waals surface area (Å²) < 4.78 is 57.1. The first kappa shape index (κ1) is 24.6. The van der Waals surface area contributed by atoms with E-state index >= 15 is 0 Å². The van der Waals surface area contributed by atoms with Gasteiger partial charge in [-0.2, -0.15) is 8.78 Å². The van der Waals surface area contributed by atoms with Gasteiger partial charge < -0.3 is 15.5 Å². The van der Waals surface area contributed by atoms with E-state index in [4.69, 9.17) is 33.4 Å². The van der Waals surface area contributed by atoms with E-state index in [9.17, 15) is 27.2 Å². The highest BCUT2D eigenvalue weighted by Crippen LogP contribution is 2.35. The lowest BCUT2D eigenvalue weighted by Crippen LogP contribution is -2.40. The molecule has 0 saturated carbocycles. The molecule has 3 N–H and O–H groups in total. The Labute approximate surface area is 205 Å². The Bertz CT molecular complexity index is 1470. The van der Waals surface area contributed by atoms with Crippen LogP contribution in [0.15, 0.2) is 65.1 Å². The van der Waals surface area contributed by atoms with Crippen molar-refractivity contribution in [3.05, 3.63) is 82.0 Å². The summed E-state index contributed by atoms with van der Waals surface area (Å²) in [5, 5.41) is 2.71. The molecule has 0 radical (unpaired) electrons. The van der Waals surface area contributed by atoms with E-state index in [1.54, 1.807) is 29.6 Å². The molecule has 1 amide bonds. The van der Waals surface area contributed by atoms with Crippen molar-refractivity contribution in [3.63, 3.8) is 0 Å². The van der Waals surface area contributed by atoms with Gasteiger partial charge in [-0.25, -0.2) is 8.78 Å². The molecule has 0 unspecified atom stereocenters. The Kier molecular flexibility index (Phi) is 6.48. The fourth-order valence-corrected chi connectivity index (χ4v) is 3.85. The van der Waals surface area contributed by atoms with E-state index in [0.29, 0.717) is 21.5 Å². The van der Waals surface area contributed by atoms with Gasteiger partial charge in [0.05, 0.1) is 10.7 Å². The van der Waals surface area contributed by atoms with E-state index in [1.165, 1.54) is 36.4 Å². The number of hydrogen-bond acceptors (Lipinski definition) is 4. The maximum absolute atomic E-state index is 13.3. The van der Waals surface area contributed by atoms with Gasteiger partial charge in [0, 0.05) is 21.7 Å². The Balaban J connectivity index is 1.66. The predicted octanol–water partition coefficient (Wildman–Crippen LogP) is 7.06. The van der Waals surface area contributed by atoms with Crippen LogP contribution in [0.4, 0.5) is 28.9 Å². The normalized spacial score (nSPS) is 11.7. The summed E-state index contributed by atoms with van der Waals surface area (Å²) in [5.74, 6) is -7.64. The second-order valence-electron chi connectivity index (χ2n) is 7.47. The highest BCUT2D eigenvalue weighted by Gasteiger charge is 2.48. The van der Waals surface area contributed by atoms with Crippen LogP contribution in [0.25, 0.3) is 22.1 Å². The van der Waals surface area contributed by atoms with Crippen LogP contribution in [0.5, 0.6) is 0 Å². The molecular formula is C24H14Cl2F4N2O3. The highest BCUT2D eigenvalue weighted by molar-refractivity contribution is 6.37. The van der Waals surface area contributed by atoms with Crippen molar-refractivity contribution in [2.24, 2.45) is 0 Å². The molecule has 4 aromatic rings. The molecule has 0 spiro atoms. The van der Waals surface area contributed by atoms with Gasteiger partial charge in [-0.05, 0) is 53.6 Å². The summed E-state index contributed by atoms with van der Waals surface area (Å²) in [7, 11) is 0. The van der Waals surface area contributed by atoms with Crippen LogP contribution in [0.1, 0.15) is 16.1 Å². The minimum Gasteiger partial charge on any atom is -0.450 e. The molecule has 180 valence electrons. The van der Waals surface area contributed by atoms with Crippen molar-refractivity contribution >= 4 is 57.2 Å². The lowest BCUT2D eigenvalue weighted by atomic mass is 10.0. The minimum absolute atomic E-state index is 0.0952. The van der Waals surface area contributed by atoms with Gasteiger partial charge >= 0.3 is 18.3 Å². The van der Waals surface area contributed by atoms with Gasteiger partial charge in [0.15, 0.2) is 5.76 Å². The number of furan rings is 1. The molecule has 11 heteroatoms. The number of alkyl halides is 4. The Morgan fingerprint density at radius 3 is 2.37 bits per heavy atom. The third-order valence-electron chi connectivity index (χ3n) is 5.14. The van der Waals surface area contributed by atoms with Gasteiger partial charge in [0.1, 0.15) is 5.58 Å². The number of carbonyl (C=O) groups is 2. The monoisotopic (exact) mass is 524 g/mol. The molecule has 5 nitrogen and oxygen atoms in total. The molecule has 0 aliphatic rings. The van der Waals surface area contributed by atoms with E-state index in [2.05, 4.69) is 0 Å². The Morgan fingerprint density at radius 1 is 0.971 bits per heavy atom. The summed E-state index contributed by atoms with van der Waals surface area (Å²) in [6.07, 6.45) is -4.14. The van der Waals surface area contributed by atoms with Gasteiger partial charge in [0.2, 0.25) is 5.78 Å². The predicted molar refractivity (Wildman–Crippen MR) is 126 cm³/mol. The molecule has 0 bridgehead atoms. The van der Waals surface area contributed by atoms with Gasteiger partial charge in [-0.3, -0.25) is 9.59 Å². The number of ketones is 1. The number of amides is 1. The molecule has 0 aliphatic carbocycles. The number of nitrogen functional groups attached to an aromatic ring is 1. The smallest absolute Gasteiger partial charge is 0.383 e. The molecule has 4 rings (SSSR count). The fourth-order valence-electron chi connectivity index (χ4n) is 3.35. The molecule has 1 heterocycles. The van der Waals surface area contributed by atoms with Crippen LogP contribution in [-0.2, 0) is 4.79 Å². The van der Waals surface area contributed by atoms with Crippen LogP contribution in [0.2, 0.25) is 10.0 Å². The zero-order valence-corrected chi connectivity index (χ0v) is 18.9. The van der Waals surface area contributed by atoms with Gasteiger partial charge in [-0.15, -0.1) is 0 Å². The van der Waals surface area contributed by atoms with Crippen LogP contribution in [-0.4, -0.2) is 24.0 Å². The van der Waals surface area contributed by atoms with E-state index in [-0.39, 0.29) is 33.3 Å². The molecule has 35 heavy (non-hydrogen) atoms. The number of carbonyl (C=O) groups excluding carboxylic acids is 2. The maximum Gasteiger partial charge on any atom is 0.383 e. The second kappa shape index (κ2) is 9.24. The van der Waals surface area contributed by atoms with E-state index in [0.717, 1.165) is 0 Å². The quantitative estimate of drug-likeness (QED) is 0.209. The zero-order chi connectivity index (χ0) is 25.5. The molecule has 0 fully saturated rings. The first-order valence-electron chi connectivity index (χ1n) is 9.88. The lowest BCUT2D eigenvalue weighted by Gasteiger charge is -2.15. The van der Waals surface area contributed by atoms with Crippen molar-refractivity contribution in [2.45, 2.75) is 12.3 Å². The molecular weight excluding hydrogens is 511 g/mol. The number of benzene rings is 3. The number of anilines is 2. The highest BCUT2D eigenvalue weighted by atomic mass is 35.5. The van der Waals surface area contributed by atoms with E-state index < -0.39 is 24.0 Å². The molecule has 1 aromatic heterocycles. The number of rotatable bonds is 6. The molecule has 0 saturated heterocycles. The molecule has 0 aliphatic heterocycles. The second-order valence-corrected chi connectivity index (χ2v) is 8.31. The van der Waals surface area contributed by atoms with Crippen molar-refractivity contribution in [3.8, 4) is 11.1 Å². The summed E-state index contributed by atoms with van der Waals surface area (Å²) in [6.45, 7) is 0. The summed E-state index contributed by atoms with van der Waals surface area (Å²) in [4.78, 5) is 24.5. The Hall–Kier alpha value is -3.56. The number of hydrogen-bond donors (Lipinski definition) is 2. The molecule has 3 aromatic carbocycles. The van der Waals surface area contributed by atoms with Crippen LogP contribution in [0, 0.1) is 0 Å². The summed E-state index contributed by atoms with van der Waals surface area (Å²) >= 11 is 12.0. The number of nitrogens with one attached hydrogen (secondary N) is 1. The standard InChI is InChI=1S/C24H14Cl2F4N2O3/c25-13-5-7-15(17(26)10-13)20(33)21-19(31)16-6-4-12(9-18(16)35-21)11-2-1-3-14(8-11)32-23(34)24(29,30)22(27)28/h1-10,22H,31H2,(H,32,34). The van der Waals surface area contributed by atoms with E-state index in [1.807, 2.05) is 0 Å². The fraction of sp³-hybridized carbons (Fsp3) is 0.0833.